The second-order valence-corrected chi connectivity index (χ2v) is 5.54. The third-order valence-corrected chi connectivity index (χ3v) is 3.56. The summed E-state index contributed by atoms with van der Waals surface area (Å²) in [6.07, 6.45) is -0.997. The number of aryl methyl sites for hydroxylation is 2. The van der Waals surface area contributed by atoms with Crippen molar-refractivity contribution in [1.82, 2.24) is 10.3 Å². The number of amides is 1. The minimum atomic E-state index is -0.997. The van der Waals surface area contributed by atoms with Gasteiger partial charge in [0.1, 0.15) is 6.07 Å². The van der Waals surface area contributed by atoms with E-state index in [1.807, 2.05) is 19.9 Å². The summed E-state index contributed by atoms with van der Waals surface area (Å²) in [6.45, 7) is 3.25. The predicted molar refractivity (Wildman–Crippen MR) is 89.3 cm³/mol. The third kappa shape index (κ3) is 3.96. The van der Waals surface area contributed by atoms with Crippen LogP contribution >= 0.6 is 0 Å². The molecule has 2 rings (SSSR count). The van der Waals surface area contributed by atoms with E-state index in [1.54, 1.807) is 24.3 Å². The number of benzene rings is 1. The number of hydrogen-bond donors (Lipinski definition) is 3. The average molecular weight is 325 g/mol. The number of carbonyl (C=O) groups excluding carboxylic acids is 1. The molecular weight excluding hydrogens is 306 g/mol. The summed E-state index contributed by atoms with van der Waals surface area (Å²) in [5, 5.41) is 30.0. The van der Waals surface area contributed by atoms with Gasteiger partial charge in [0.25, 0.3) is 5.91 Å². The zero-order valence-corrected chi connectivity index (χ0v) is 13.6. The first-order valence-corrected chi connectivity index (χ1v) is 7.52. The van der Waals surface area contributed by atoms with Gasteiger partial charge in [-0.2, -0.15) is 5.26 Å². The van der Waals surface area contributed by atoms with E-state index in [0.29, 0.717) is 22.4 Å². The SMILES string of the molecule is Cc1cc(C)c(C#N)c(-c2cccc(C(=O)NCC(O)CO)c2)n1. The standard InChI is InChI=1S/C18H19N3O3/c1-11-6-12(2)21-17(16(11)8-19)13-4-3-5-14(7-13)18(24)20-9-15(23)10-22/h3-7,15,22-23H,9-10H2,1-2H3,(H,20,24). The fraction of sp³-hybridized carbons (Fsp3) is 0.278. The summed E-state index contributed by atoms with van der Waals surface area (Å²) in [4.78, 5) is 16.6. The first-order chi connectivity index (χ1) is 11.5. The lowest BCUT2D eigenvalue weighted by atomic mass is 10.00. The minimum absolute atomic E-state index is 0.0369. The van der Waals surface area contributed by atoms with Crippen molar-refractivity contribution in [2.45, 2.75) is 20.0 Å². The molecule has 3 N–H and O–H groups in total. The predicted octanol–water partition coefficient (Wildman–Crippen LogP) is 1.32. The normalized spacial score (nSPS) is 11.6. The molecule has 0 aliphatic heterocycles. The number of hydrogen-bond acceptors (Lipinski definition) is 5. The van der Waals surface area contributed by atoms with Crippen LogP contribution in [0.1, 0.15) is 27.2 Å². The van der Waals surface area contributed by atoms with E-state index in [0.717, 1.165) is 11.3 Å². The van der Waals surface area contributed by atoms with E-state index in [1.165, 1.54) is 0 Å². The topological polar surface area (TPSA) is 106 Å². The monoisotopic (exact) mass is 325 g/mol. The van der Waals surface area contributed by atoms with Crippen molar-refractivity contribution in [3.05, 3.63) is 52.7 Å². The lowest BCUT2D eigenvalue weighted by Gasteiger charge is -2.11. The Labute approximate surface area is 140 Å². The van der Waals surface area contributed by atoms with Crippen LogP contribution in [0.25, 0.3) is 11.3 Å². The Balaban J connectivity index is 2.35. The molecule has 0 saturated carbocycles. The maximum Gasteiger partial charge on any atom is 0.251 e. The van der Waals surface area contributed by atoms with E-state index in [-0.39, 0.29) is 12.5 Å². The molecule has 1 heterocycles. The molecule has 0 aliphatic carbocycles. The molecule has 1 unspecified atom stereocenters. The van der Waals surface area contributed by atoms with Gasteiger partial charge in [-0.1, -0.05) is 12.1 Å². The highest BCUT2D eigenvalue weighted by molar-refractivity contribution is 5.95. The van der Waals surface area contributed by atoms with Crippen LogP contribution < -0.4 is 5.32 Å². The maximum atomic E-state index is 12.1. The van der Waals surface area contributed by atoms with Gasteiger partial charge in [0.15, 0.2) is 0 Å². The van der Waals surface area contributed by atoms with E-state index in [9.17, 15) is 15.2 Å². The average Bonchev–Trinajstić information content (AvgIpc) is 2.58. The molecular formula is C18H19N3O3. The Morgan fingerprint density at radius 2 is 2.12 bits per heavy atom. The van der Waals surface area contributed by atoms with E-state index >= 15 is 0 Å². The molecule has 1 aromatic carbocycles. The molecule has 0 saturated heterocycles. The molecule has 1 aromatic heterocycles. The van der Waals surface area contributed by atoms with E-state index < -0.39 is 12.7 Å². The van der Waals surface area contributed by atoms with Gasteiger partial charge in [0, 0.05) is 23.4 Å². The number of carbonyl (C=O) groups is 1. The zero-order chi connectivity index (χ0) is 17.7. The van der Waals surface area contributed by atoms with Crippen molar-refractivity contribution in [3.63, 3.8) is 0 Å². The summed E-state index contributed by atoms with van der Waals surface area (Å²) < 4.78 is 0. The summed E-state index contributed by atoms with van der Waals surface area (Å²) in [5.74, 6) is -0.368. The molecule has 0 spiro atoms. The van der Waals surface area contributed by atoms with Crippen molar-refractivity contribution in [3.8, 4) is 17.3 Å². The highest BCUT2D eigenvalue weighted by Crippen LogP contribution is 2.25. The molecule has 24 heavy (non-hydrogen) atoms. The minimum Gasteiger partial charge on any atom is -0.394 e. The molecule has 2 aromatic rings. The molecule has 0 aliphatic rings. The Morgan fingerprint density at radius 3 is 2.79 bits per heavy atom. The molecule has 0 bridgehead atoms. The number of aromatic nitrogens is 1. The van der Waals surface area contributed by atoms with Crippen LogP contribution in [-0.2, 0) is 0 Å². The number of rotatable bonds is 5. The van der Waals surface area contributed by atoms with E-state index in [2.05, 4.69) is 16.4 Å². The lowest BCUT2D eigenvalue weighted by Crippen LogP contribution is -2.33. The first kappa shape index (κ1) is 17.6. The fourth-order valence-electron chi connectivity index (χ4n) is 2.37. The Hall–Kier alpha value is -2.75. The summed E-state index contributed by atoms with van der Waals surface area (Å²) in [7, 11) is 0. The maximum absolute atomic E-state index is 12.1. The molecule has 6 nitrogen and oxygen atoms in total. The van der Waals surface area contributed by atoms with Crippen LogP contribution in [-0.4, -0.2) is 40.4 Å². The second-order valence-electron chi connectivity index (χ2n) is 5.54. The largest absolute Gasteiger partial charge is 0.394 e. The number of aliphatic hydroxyl groups is 2. The van der Waals surface area contributed by atoms with Crippen LogP contribution in [0.3, 0.4) is 0 Å². The van der Waals surface area contributed by atoms with Crippen molar-refractivity contribution in [2.75, 3.05) is 13.2 Å². The molecule has 0 fully saturated rings. The van der Waals surface area contributed by atoms with Gasteiger partial charge in [-0.25, -0.2) is 0 Å². The molecule has 124 valence electrons. The molecule has 0 radical (unpaired) electrons. The van der Waals surface area contributed by atoms with Gasteiger partial charge >= 0.3 is 0 Å². The smallest absolute Gasteiger partial charge is 0.251 e. The van der Waals surface area contributed by atoms with Crippen LogP contribution in [0.2, 0.25) is 0 Å². The van der Waals surface area contributed by atoms with Crippen molar-refractivity contribution >= 4 is 5.91 Å². The van der Waals surface area contributed by atoms with Crippen LogP contribution in [0, 0.1) is 25.2 Å². The first-order valence-electron chi connectivity index (χ1n) is 7.52. The Morgan fingerprint density at radius 1 is 1.38 bits per heavy atom. The molecule has 1 amide bonds. The highest BCUT2D eigenvalue weighted by atomic mass is 16.3. The summed E-state index contributed by atoms with van der Waals surface area (Å²) >= 11 is 0. The number of aliphatic hydroxyl groups excluding tert-OH is 2. The fourth-order valence-corrected chi connectivity index (χ4v) is 2.37. The number of nitrogens with zero attached hydrogens (tertiary/aromatic N) is 2. The van der Waals surface area contributed by atoms with Gasteiger partial charge < -0.3 is 15.5 Å². The highest BCUT2D eigenvalue weighted by Gasteiger charge is 2.14. The van der Waals surface area contributed by atoms with Gasteiger partial charge in [0.05, 0.1) is 24.0 Å². The number of nitriles is 1. The van der Waals surface area contributed by atoms with Crippen molar-refractivity contribution < 1.29 is 15.0 Å². The lowest BCUT2D eigenvalue weighted by molar-refractivity contribution is 0.0802. The van der Waals surface area contributed by atoms with Crippen LogP contribution in [0.5, 0.6) is 0 Å². The summed E-state index contributed by atoms with van der Waals surface area (Å²) in [5.41, 5.74) is 3.72. The van der Waals surface area contributed by atoms with Gasteiger partial charge in [0.2, 0.25) is 0 Å². The van der Waals surface area contributed by atoms with Gasteiger partial charge in [-0.05, 0) is 37.6 Å². The summed E-state index contributed by atoms with van der Waals surface area (Å²) in [6, 6.07) is 10.8. The Bertz CT molecular complexity index is 797. The van der Waals surface area contributed by atoms with Crippen molar-refractivity contribution in [1.29, 1.82) is 5.26 Å². The van der Waals surface area contributed by atoms with Gasteiger partial charge in [-0.15, -0.1) is 0 Å². The molecule has 6 heteroatoms. The van der Waals surface area contributed by atoms with E-state index in [4.69, 9.17) is 5.11 Å². The van der Waals surface area contributed by atoms with Gasteiger partial charge in [-0.3, -0.25) is 9.78 Å². The second kappa shape index (κ2) is 7.68. The number of pyridine rings is 1. The quantitative estimate of drug-likeness (QED) is 0.769. The number of nitrogens with one attached hydrogen (secondary N) is 1. The van der Waals surface area contributed by atoms with Crippen LogP contribution in [0.4, 0.5) is 0 Å². The molecule has 1 atom stereocenters. The van der Waals surface area contributed by atoms with Crippen LogP contribution in [0.15, 0.2) is 30.3 Å². The Kier molecular flexibility index (Phi) is 5.64. The van der Waals surface area contributed by atoms with Crippen molar-refractivity contribution in [2.24, 2.45) is 0 Å². The zero-order valence-electron chi connectivity index (χ0n) is 13.6. The third-order valence-electron chi connectivity index (χ3n) is 3.56.